The molecule has 2 heterocycles. The van der Waals surface area contributed by atoms with E-state index in [1.165, 1.54) is 5.69 Å². The number of aromatic nitrogens is 1. The number of hydrogen-bond donors (Lipinski definition) is 1. The van der Waals surface area contributed by atoms with Crippen LogP contribution in [0.25, 0.3) is 0 Å². The third-order valence-corrected chi connectivity index (χ3v) is 4.65. The van der Waals surface area contributed by atoms with Gasteiger partial charge in [0.25, 0.3) is 0 Å². The van der Waals surface area contributed by atoms with Crippen LogP contribution >= 0.6 is 15.9 Å². The van der Waals surface area contributed by atoms with E-state index in [2.05, 4.69) is 48.7 Å². The molecule has 7 heteroatoms. The fourth-order valence-electron chi connectivity index (χ4n) is 2.89. The van der Waals surface area contributed by atoms with Gasteiger partial charge < -0.3 is 19.7 Å². The molecule has 2 rings (SSSR count). The molecule has 0 saturated carbocycles. The minimum atomic E-state index is 0.223. The number of nitrogens with one attached hydrogen (secondary N) is 1. The Morgan fingerprint density at radius 3 is 2.71 bits per heavy atom. The molecular weight excluding hydrogens is 370 g/mol. The number of nitrogens with zero attached hydrogens (tertiary/aromatic N) is 4. The summed E-state index contributed by atoms with van der Waals surface area (Å²) in [4.78, 5) is 20.8. The molecule has 1 amide bonds. The van der Waals surface area contributed by atoms with Gasteiger partial charge in [-0.1, -0.05) is 0 Å². The number of aliphatic imine (C=N–C) groups is 1. The van der Waals surface area contributed by atoms with Crippen molar-refractivity contribution in [3.05, 3.63) is 22.4 Å². The molecular formula is C17H28BrN5O. The first kappa shape index (κ1) is 18.8. The molecule has 1 aliphatic rings. The zero-order chi connectivity index (χ0) is 17.5. The number of hydrogen-bond acceptors (Lipinski definition) is 2. The van der Waals surface area contributed by atoms with E-state index >= 15 is 0 Å². The number of aryl methyl sites for hydroxylation is 1. The summed E-state index contributed by atoms with van der Waals surface area (Å²) in [5.74, 6) is 1.06. The van der Waals surface area contributed by atoms with E-state index in [1.807, 2.05) is 25.2 Å². The Labute approximate surface area is 153 Å². The normalized spacial score (nSPS) is 15.0. The molecule has 134 valence electrons. The van der Waals surface area contributed by atoms with E-state index in [0.717, 1.165) is 49.5 Å². The maximum atomic E-state index is 12.1. The van der Waals surface area contributed by atoms with Crippen molar-refractivity contribution in [3.8, 4) is 0 Å². The van der Waals surface area contributed by atoms with Gasteiger partial charge in [0.1, 0.15) is 0 Å². The van der Waals surface area contributed by atoms with Crippen molar-refractivity contribution in [2.24, 2.45) is 12.0 Å². The first-order valence-corrected chi connectivity index (χ1v) is 9.38. The summed E-state index contributed by atoms with van der Waals surface area (Å²) in [5, 5.41) is 3.30. The molecule has 0 aliphatic carbocycles. The average molecular weight is 398 g/mol. The van der Waals surface area contributed by atoms with Crippen LogP contribution in [0.1, 0.15) is 31.9 Å². The number of carbonyl (C=O) groups is 1. The third kappa shape index (κ3) is 5.26. The summed E-state index contributed by atoms with van der Waals surface area (Å²) < 4.78 is 3.17. The fraction of sp³-hybridized carbons (Fsp3) is 0.647. The molecule has 0 spiro atoms. The van der Waals surface area contributed by atoms with Crippen molar-refractivity contribution < 1.29 is 4.79 Å². The van der Waals surface area contributed by atoms with Crippen LogP contribution in [0.15, 0.2) is 21.7 Å². The van der Waals surface area contributed by atoms with Gasteiger partial charge in [-0.15, -0.1) is 0 Å². The molecule has 1 aliphatic heterocycles. The highest BCUT2D eigenvalue weighted by molar-refractivity contribution is 9.10. The molecule has 1 saturated heterocycles. The van der Waals surface area contributed by atoms with Crippen molar-refractivity contribution in [3.63, 3.8) is 0 Å². The highest BCUT2D eigenvalue weighted by atomic mass is 79.9. The molecule has 1 N–H and O–H groups in total. The second-order valence-corrected chi connectivity index (χ2v) is 7.11. The number of rotatable bonds is 6. The number of amides is 1. The molecule has 1 fully saturated rings. The zero-order valence-electron chi connectivity index (χ0n) is 14.9. The van der Waals surface area contributed by atoms with Gasteiger partial charge in [0.15, 0.2) is 5.96 Å². The predicted octanol–water partition coefficient (Wildman–Crippen LogP) is 2.20. The first-order valence-electron chi connectivity index (χ1n) is 8.59. The highest BCUT2D eigenvalue weighted by Gasteiger charge is 2.17. The Hall–Kier alpha value is -1.50. The molecule has 0 aromatic carbocycles. The minimum absolute atomic E-state index is 0.223. The molecule has 0 atom stereocenters. The van der Waals surface area contributed by atoms with Crippen LogP contribution in [0.3, 0.4) is 0 Å². The Balaban J connectivity index is 1.91. The van der Waals surface area contributed by atoms with Crippen molar-refractivity contribution in [1.82, 2.24) is 19.7 Å². The van der Waals surface area contributed by atoms with E-state index in [0.29, 0.717) is 13.0 Å². The highest BCUT2D eigenvalue weighted by Crippen LogP contribution is 2.15. The van der Waals surface area contributed by atoms with Crippen LogP contribution in [0.4, 0.5) is 0 Å². The Kier molecular flexibility index (Phi) is 7.15. The van der Waals surface area contributed by atoms with Crippen LogP contribution in [-0.2, 0) is 18.4 Å². The monoisotopic (exact) mass is 397 g/mol. The lowest BCUT2D eigenvalue weighted by atomic mass is 10.3. The van der Waals surface area contributed by atoms with E-state index in [4.69, 9.17) is 0 Å². The van der Waals surface area contributed by atoms with Crippen LogP contribution in [0, 0.1) is 0 Å². The van der Waals surface area contributed by atoms with Crippen LogP contribution in [-0.4, -0.2) is 59.5 Å². The van der Waals surface area contributed by atoms with E-state index < -0.39 is 0 Å². The third-order valence-electron chi connectivity index (χ3n) is 4.22. The number of likely N-dealkylation sites (tertiary alicyclic amines) is 1. The molecule has 1 aromatic rings. The Morgan fingerprint density at radius 1 is 1.42 bits per heavy atom. The maximum absolute atomic E-state index is 12.1. The molecule has 0 unspecified atom stereocenters. The van der Waals surface area contributed by atoms with Gasteiger partial charge in [-0.2, -0.15) is 0 Å². The summed E-state index contributed by atoms with van der Waals surface area (Å²) in [6.45, 7) is 5.96. The fourth-order valence-corrected chi connectivity index (χ4v) is 3.46. The van der Waals surface area contributed by atoms with Crippen molar-refractivity contribution in [2.45, 2.75) is 32.7 Å². The maximum Gasteiger partial charge on any atom is 0.224 e. The summed E-state index contributed by atoms with van der Waals surface area (Å²) in [6, 6.07) is 2.11. The minimum Gasteiger partial charge on any atom is -0.357 e. The van der Waals surface area contributed by atoms with Gasteiger partial charge in [0.05, 0.1) is 13.1 Å². The molecule has 0 radical (unpaired) electrons. The lowest BCUT2D eigenvalue weighted by molar-refractivity contribution is -0.129. The summed E-state index contributed by atoms with van der Waals surface area (Å²) >= 11 is 3.50. The zero-order valence-corrected chi connectivity index (χ0v) is 16.5. The van der Waals surface area contributed by atoms with Crippen molar-refractivity contribution >= 4 is 27.8 Å². The lowest BCUT2D eigenvalue weighted by Gasteiger charge is -2.22. The van der Waals surface area contributed by atoms with Crippen LogP contribution < -0.4 is 5.32 Å². The smallest absolute Gasteiger partial charge is 0.224 e. The Morgan fingerprint density at radius 2 is 2.12 bits per heavy atom. The largest absolute Gasteiger partial charge is 0.357 e. The molecule has 6 nitrogen and oxygen atoms in total. The lowest BCUT2D eigenvalue weighted by Crippen LogP contribution is -2.39. The number of halogens is 1. The topological polar surface area (TPSA) is 52.9 Å². The van der Waals surface area contributed by atoms with E-state index in [9.17, 15) is 4.79 Å². The van der Waals surface area contributed by atoms with Gasteiger partial charge in [-0.3, -0.25) is 9.79 Å². The SMILES string of the molecule is CCNC(=NCCC(=O)N1CCCC1)N(C)Cc1cc(Br)cn1C. The van der Waals surface area contributed by atoms with Gasteiger partial charge in [0, 0.05) is 56.5 Å². The van der Waals surface area contributed by atoms with Gasteiger partial charge >= 0.3 is 0 Å². The van der Waals surface area contributed by atoms with Crippen molar-refractivity contribution in [1.29, 1.82) is 0 Å². The molecule has 1 aromatic heterocycles. The second-order valence-electron chi connectivity index (χ2n) is 6.19. The summed E-state index contributed by atoms with van der Waals surface area (Å²) in [5.41, 5.74) is 1.20. The van der Waals surface area contributed by atoms with Gasteiger partial charge in [0.2, 0.25) is 5.91 Å². The van der Waals surface area contributed by atoms with Gasteiger partial charge in [-0.05, 0) is 41.8 Å². The first-order chi connectivity index (χ1) is 11.5. The number of carbonyl (C=O) groups excluding carboxylic acids is 1. The second kappa shape index (κ2) is 9.11. The quantitative estimate of drug-likeness (QED) is 0.591. The molecule has 24 heavy (non-hydrogen) atoms. The van der Waals surface area contributed by atoms with Gasteiger partial charge in [-0.25, -0.2) is 0 Å². The van der Waals surface area contributed by atoms with E-state index in [-0.39, 0.29) is 5.91 Å². The number of guanidine groups is 1. The Bertz CT molecular complexity index is 578. The standard InChI is InChI=1S/C17H28BrN5O/c1-4-19-17(20-8-7-16(24)23-9-5-6-10-23)22(3)13-15-11-14(18)12-21(15)2/h11-12H,4-10,13H2,1-3H3,(H,19,20). The average Bonchev–Trinajstić information content (AvgIpc) is 3.16. The van der Waals surface area contributed by atoms with Crippen molar-refractivity contribution in [2.75, 3.05) is 33.2 Å². The predicted molar refractivity (Wildman–Crippen MR) is 101 cm³/mol. The summed E-state index contributed by atoms with van der Waals surface area (Å²) in [7, 11) is 4.05. The van der Waals surface area contributed by atoms with Crippen LogP contribution in [0.2, 0.25) is 0 Å². The van der Waals surface area contributed by atoms with Crippen LogP contribution in [0.5, 0.6) is 0 Å². The van der Waals surface area contributed by atoms with E-state index in [1.54, 1.807) is 0 Å². The summed E-state index contributed by atoms with van der Waals surface area (Å²) in [6.07, 6.45) is 4.79. The molecule has 0 bridgehead atoms.